The molecule has 1 atom stereocenters. The van der Waals surface area contributed by atoms with Crippen LogP contribution in [0.1, 0.15) is 13.3 Å². The fraction of sp³-hybridized carbons (Fsp3) is 0.833. The third-order valence-electron chi connectivity index (χ3n) is 1.80. The third-order valence-corrected chi connectivity index (χ3v) is 3.75. The summed E-state index contributed by atoms with van der Waals surface area (Å²) in [6.45, 7) is 1.69. The van der Waals surface area contributed by atoms with Gasteiger partial charge < -0.3 is 5.11 Å². The van der Waals surface area contributed by atoms with Crippen LogP contribution in [-0.4, -0.2) is 42.4 Å². The van der Waals surface area contributed by atoms with Gasteiger partial charge in [0.2, 0.25) is 10.0 Å². The first-order valence-electron chi connectivity index (χ1n) is 3.83. The van der Waals surface area contributed by atoms with E-state index in [2.05, 4.69) is 0 Å². The molecule has 1 fully saturated rings. The van der Waals surface area contributed by atoms with Crippen molar-refractivity contribution in [3.8, 4) is 0 Å². The third kappa shape index (κ3) is 1.98. The highest BCUT2D eigenvalue weighted by Gasteiger charge is 2.36. The van der Waals surface area contributed by atoms with Crippen molar-refractivity contribution < 1.29 is 23.2 Å². The van der Waals surface area contributed by atoms with Crippen molar-refractivity contribution in [1.29, 1.82) is 0 Å². The van der Waals surface area contributed by atoms with Gasteiger partial charge in [-0.1, -0.05) is 4.47 Å². The van der Waals surface area contributed by atoms with Gasteiger partial charge in [-0.15, -0.1) is 0 Å². The molecule has 0 amide bonds. The van der Waals surface area contributed by atoms with Crippen molar-refractivity contribution in [3.05, 3.63) is 0 Å². The minimum atomic E-state index is -3.83. The molecule has 0 aromatic carbocycles. The zero-order valence-electron chi connectivity index (χ0n) is 7.13. The molecule has 0 radical (unpaired) electrons. The summed E-state index contributed by atoms with van der Waals surface area (Å²) in [4.78, 5) is 15.2. The molecule has 0 aromatic rings. The molecular weight excluding hydrogens is 198 g/mol. The molecule has 76 valence electrons. The summed E-state index contributed by atoms with van der Waals surface area (Å²) >= 11 is 0. The topological polar surface area (TPSA) is 83.9 Å². The van der Waals surface area contributed by atoms with Crippen LogP contribution in [0.3, 0.4) is 0 Å². The number of nitrogens with zero attached hydrogens (tertiary/aromatic N) is 1. The van der Waals surface area contributed by atoms with Crippen LogP contribution in [0.2, 0.25) is 0 Å². The molecule has 1 rings (SSSR count). The van der Waals surface area contributed by atoms with Crippen molar-refractivity contribution in [2.24, 2.45) is 0 Å². The summed E-state index contributed by atoms with van der Waals surface area (Å²) < 4.78 is 23.5. The molecule has 1 N–H and O–H groups in total. The van der Waals surface area contributed by atoms with E-state index in [1.165, 1.54) is 0 Å². The summed E-state index contributed by atoms with van der Waals surface area (Å²) in [5.41, 5.74) is 0. The van der Waals surface area contributed by atoms with E-state index in [1.54, 1.807) is 0 Å². The largest absolute Gasteiger partial charge is 0.480 e. The lowest BCUT2D eigenvalue weighted by atomic mass is 10.5. The van der Waals surface area contributed by atoms with Crippen molar-refractivity contribution in [2.75, 3.05) is 13.2 Å². The molecule has 0 aliphatic carbocycles. The molecule has 13 heavy (non-hydrogen) atoms. The summed E-state index contributed by atoms with van der Waals surface area (Å²) in [7, 11) is -3.83. The molecule has 1 saturated heterocycles. The predicted molar refractivity (Wildman–Crippen MR) is 43.3 cm³/mol. The van der Waals surface area contributed by atoms with Gasteiger partial charge in [0.1, 0.15) is 0 Å². The van der Waals surface area contributed by atoms with Gasteiger partial charge in [-0.25, -0.2) is 8.42 Å². The van der Waals surface area contributed by atoms with Gasteiger partial charge in [0.05, 0.1) is 6.61 Å². The highest BCUT2D eigenvalue weighted by Crippen LogP contribution is 2.15. The summed E-state index contributed by atoms with van der Waals surface area (Å²) in [5.74, 6) is -1.37. The number of hydrogen-bond acceptors (Lipinski definition) is 4. The lowest BCUT2D eigenvalue weighted by molar-refractivity contribution is -0.136. The molecule has 1 heterocycles. The van der Waals surface area contributed by atoms with Gasteiger partial charge in [-0.05, 0) is 13.3 Å². The highest BCUT2D eigenvalue weighted by molar-refractivity contribution is 7.90. The average Bonchev–Trinajstić information content (AvgIpc) is 2.54. The van der Waals surface area contributed by atoms with Gasteiger partial charge in [0.25, 0.3) is 0 Å². The second-order valence-corrected chi connectivity index (χ2v) is 4.88. The predicted octanol–water partition coefficient (Wildman–Crippen LogP) is -0.573. The van der Waals surface area contributed by atoms with E-state index >= 15 is 0 Å². The Morgan fingerprint density at radius 2 is 2.23 bits per heavy atom. The SMILES string of the molecule is CC(C(=O)O)S(=O)(=O)N1CCCO1. The second kappa shape index (κ2) is 3.60. The molecule has 6 nitrogen and oxygen atoms in total. The van der Waals surface area contributed by atoms with E-state index < -0.39 is 21.2 Å². The van der Waals surface area contributed by atoms with Crippen LogP contribution >= 0.6 is 0 Å². The van der Waals surface area contributed by atoms with E-state index in [-0.39, 0.29) is 6.54 Å². The van der Waals surface area contributed by atoms with Gasteiger partial charge in [-0.3, -0.25) is 9.63 Å². The van der Waals surface area contributed by atoms with Crippen LogP contribution in [0.15, 0.2) is 0 Å². The first-order valence-corrected chi connectivity index (χ1v) is 5.34. The number of rotatable bonds is 3. The number of hydrogen-bond donors (Lipinski definition) is 1. The number of carbonyl (C=O) groups is 1. The van der Waals surface area contributed by atoms with E-state index in [0.29, 0.717) is 13.0 Å². The monoisotopic (exact) mass is 209 g/mol. The van der Waals surface area contributed by atoms with E-state index in [9.17, 15) is 13.2 Å². The molecular formula is C6H11NO5S. The van der Waals surface area contributed by atoms with E-state index in [1.807, 2.05) is 0 Å². The quantitative estimate of drug-likeness (QED) is 0.672. The van der Waals surface area contributed by atoms with Gasteiger partial charge >= 0.3 is 5.97 Å². The van der Waals surface area contributed by atoms with Crippen LogP contribution in [-0.2, 0) is 19.7 Å². The van der Waals surface area contributed by atoms with Crippen LogP contribution in [0, 0.1) is 0 Å². The number of hydroxylamine groups is 1. The first kappa shape index (κ1) is 10.4. The molecule has 1 aliphatic heterocycles. The zero-order chi connectivity index (χ0) is 10.1. The van der Waals surface area contributed by atoms with Crippen LogP contribution in [0.5, 0.6) is 0 Å². The lowest BCUT2D eigenvalue weighted by Crippen LogP contribution is -2.38. The Morgan fingerprint density at radius 1 is 1.62 bits per heavy atom. The second-order valence-electron chi connectivity index (χ2n) is 2.74. The number of carboxylic acid groups (broad SMARTS) is 1. The summed E-state index contributed by atoms with van der Waals surface area (Å²) in [5, 5.41) is 7.06. The summed E-state index contributed by atoms with van der Waals surface area (Å²) in [6.07, 6.45) is 0.603. The van der Waals surface area contributed by atoms with Crippen molar-refractivity contribution in [1.82, 2.24) is 4.47 Å². The average molecular weight is 209 g/mol. The smallest absolute Gasteiger partial charge is 0.323 e. The van der Waals surface area contributed by atoms with Gasteiger partial charge in [-0.2, -0.15) is 0 Å². The summed E-state index contributed by atoms with van der Waals surface area (Å²) in [6, 6.07) is 0. The zero-order valence-corrected chi connectivity index (χ0v) is 7.95. The van der Waals surface area contributed by atoms with Crippen molar-refractivity contribution in [3.63, 3.8) is 0 Å². The molecule has 0 aromatic heterocycles. The fourth-order valence-electron chi connectivity index (χ4n) is 0.929. The Labute approximate surface area is 76.1 Å². The van der Waals surface area contributed by atoms with Crippen LogP contribution < -0.4 is 0 Å². The fourth-order valence-corrected chi connectivity index (χ4v) is 2.14. The van der Waals surface area contributed by atoms with Gasteiger partial charge in [0, 0.05) is 6.54 Å². The Morgan fingerprint density at radius 3 is 2.62 bits per heavy atom. The maximum atomic E-state index is 11.4. The Kier molecular flexibility index (Phi) is 2.89. The number of carboxylic acids is 1. The molecule has 1 unspecified atom stereocenters. The lowest BCUT2D eigenvalue weighted by Gasteiger charge is -2.16. The van der Waals surface area contributed by atoms with Crippen molar-refractivity contribution in [2.45, 2.75) is 18.6 Å². The minimum Gasteiger partial charge on any atom is -0.480 e. The van der Waals surface area contributed by atoms with E-state index in [0.717, 1.165) is 11.4 Å². The van der Waals surface area contributed by atoms with Crippen LogP contribution in [0.4, 0.5) is 0 Å². The molecule has 1 aliphatic rings. The molecule has 0 spiro atoms. The molecule has 0 saturated carbocycles. The number of aliphatic carboxylic acids is 1. The Bertz CT molecular complexity index is 292. The number of sulfonamides is 1. The van der Waals surface area contributed by atoms with Crippen molar-refractivity contribution >= 4 is 16.0 Å². The normalized spacial score (nSPS) is 21.6. The highest BCUT2D eigenvalue weighted by atomic mass is 32.2. The van der Waals surface area contributed by atoms with Gasteiger partial charge in [0.15, 0.2) is 5.25 Å². The van der Waals surface area contributed by atoms with Crippen LogP contribution in [0.25, 0.3) is 0 Å². The Balaban J connectivity index is 2.81. The maximum absolute atomic E-state index is 11.4. The molecule has 0 bridgehead atoms. The first-order chi connectivity index (χ1) is 5.96. The van der Waals surface area contributed by atoms with E-state index in [4.69, 9.17) is 9.94 Å². The minimum absolute atomic E-state index is 0.236. The molecule has 7 heteroatoms. The maximum Gasteiger partial charge on any atom is 0.323 e. The Hall–Kier alpha value is -0.660. The standard InChI is InChI=1S/C6H11NO5S/c1-5(6(8)9)13(10,11)7-3-2-4-12-7/h5H,2-4H2,1H3,(H,8,9).